The second kappa shape index (κ2) is 7.23. The quantitative estimate of drug-likeness (QED) is 0.894. The lowest BCUT2D eigenvalue weighted by molar-refractivity contribution is -0.122. The van der Waals surface area contributed by atoms with E-state index in [1.54, 1.807) is 4.90 Å². The molecule has 0 bridgehead atoms. The van der Waals surface area contributed by atoms with Crippen molar-refractivity contribution in [2.45, 2.75) is 19.8 Å². The number of rotatable bonds is 4. The van der Waals surface area contributed by atoms with Gasteiger partial charge >= 0.3 is 0 Å². The van der Waals surface area contributed by atoms with Gasteiger partial charge in [0.2, 0.25) is 11.8 Å². The summed E-state index contributed by atoms with van der Waals surface area (Å²) >= 11 is 5.72. The molecule has 0 saturated carbocycles. The zero-order valence-electron chi connectivity index (χ0n) is 13.8. The maximum Gasteiger partial charge on any atom is 0.229 e. The Hall–Kier alpha value is -2.40. The monoisotopic (exact) mass is 360 g/mol. The van der Waals surface area contributed by atoms with Gasteiger partial charge in [-0.25, -0.2) is 4.39 Å². The lowest BCUT2D eigenvalue weighted by Crippen LogP contribution is -2.28. The Morgan fingerprint density at radius 3 is 2.64 bits per heavy atom. The predicted octanol–water partition coefficient (Wildman–Crippen LogP) is 4.03. The average Bonchev–Trinajstić information content (AvgIpc) is 3.00. The normalized spacial score (nSPS) is 17.0. The first kappa shape index (κ1) is 17.4. The Bertz CT molecular complexity index is 808. The summed E-state index contributed by atoms with van der Waals surface area (Å²) < 4.78 is 13.2. The van der Waals surface area contributed by atoms with Crippen molar-refractivity contribution in [1.82, 2.24) is 0 Å². The van der Waals surface area contributed by atoms with Crippen molar-refractivity contribution < 1.29 is 14.0 Å². The van der Waals surface area contributed by atoms with Crippen LogP contribution in [0.25, 0.3) is 0 Å². The molecule has 3 rings (SSSR count). The third-order valence-electron chi connectivity index (χ3n) is 4.34. The molecule has 130 valence electrons. The number of hydrogen-bond acceptors (Lipinski definition) is 2. The Kier molecular flexibility index (Phi) is 5.04. The van der Waals surface area contributed by atoms with Crippen LogP contribution in [0.5, 0.6) is 0 Å². The van der Waals surface area contributed by atoms with Crippen LogP contribution in [0.1, 0.15) is 18.9 Å². The molecule has 2 aromatic carbocycles. The van der Waals surface area contributed by atoms with Crippen molar-refractivity contribution >= 4 is 34.8 Å². The molecule has 1 fully saturated rings. The lowest BCUT2D eigenvalue weighted by Gasteiger charge is -2.17. The van der Waals surface area contributed by atoms with Crippen LogP contribution in [0.2, 0.25) is 5.02 Å². The Labute approximate surface area is 150 Å². The number of nitrogens with one attached hydrogen (secondary N) is 1. The number of halogens is 2. The van der Waals surface area contributed by atoms with Crippen LogP contribution in [-0.4, -0.2) is 18.4 Å². The van der Waals surface area contributed by atoms with Gasteiger partial charge in [0.25, 0.3) is 0 Å². The van der Waals surface area contributed by atoms with Crippen molar-refractivity contribution in [3.05, 3.63) is 58.9 Å². The highest BCUT2D eigenvalue weighted by molar-refractivity contribution is 6.31. The van der Waals surface area contributed by atoms with Gasteiger partial charge < -0.3 is 10.2 Å². The van der Waals surface area contributed by atoms with E-state index in [2.05, 4.69) is 12.2 Å². The van der Waals surface area contributed by atoms with Crippen LogP contribution in [0.4, 0.5) is 15.8 Å². The molecule has 1 aliphatic rings. The minimum atomic E-state index is -0.544. The van der Waals surface area contributed by atoms with Crippen LogP contribution in [0.3, 0.4) is 0 Å². The molecule has 1 saturated heterocycles. The third kappa shape index (κ3) is 3.82. The molecule has 0 spiro atoms. The van der Waals surface area contributed by atoms with E-state index in [1.165, 1.54) is 23.8 Å². The molecular weight excluding hydrogens is 343 g/mol. The fraction of sp³-hybridized carbons (Fsp3) is 0.263. The Balaban J connectivity index is 1.68. The summed E-state index contributed by atoms with van der Waals surface area (Å²) in [4.78, 5) is 26.3. The maximum absolute atomic E-state index is 13.2. The second-order valence-corrected chi connectivity index (χ2v) is 6.45. The van der Waals surface area contributed by atoms with Gasteiger partial charge in [-0.05, 0) is 42.3 Å². The summed E-state index contributed by atoms with van der Waals surface area (Å²) in [5.41, 5.74) is 2.40. The van der Waals surface area contributed by atoms with Crippen molar-refractivity contribution in [3.8, 4) is 0 Å². The number of anilines is 2. The summed E-state index contributed by atoms with van der Waals surface area (Å²) in [6.07, 6.45) is 1.08. The smallest absolute Gasteiger partial charge is 0.229 e. The minimum Gasteiger partial charge on any atom is -0.326 e. The number of nitrogens with zero attached hydrogens (tertiary/aromatic N) is 1. The molecule has 6 heteroatoms. The van der Waals surface area contributed by atoms with Gasteiger partial charge in [-0.15, -0.1) is 0 Å². The first-order chi connectivity index (χ1) is 12.0. The SMILES string of the molecule is CCc1ccc(N2C[C@H](C(=O)Nc3ccc(F)c(Cl)c3)CC2=O)cc1. The summed E-state index contributed by atoms with van der Waals surface area (Å²) in [7, 11) is 0. The summed E-state index contributed by atoms with van der Waals surface area (Å²) in [6.45, 7) is 2.39. The number of amides is 2. The average molecular weight is 361 g/mol. The number of benzene rings is 2. The number of hydrogen-bond donors (Lipinski definition) is 1. The Morgan fingerprint density at radius 2 is 2.00 bits per heavy atom. The molecule has 2 aromatic rings. The largest absolute Gasteiger partial charge is 0.326 e. The van der Waals surface area contributed by atoms with Crippen molar-refractivity contribution in [2.75, 3.05) is 16.8 Å². The molecular formula is C19H18ClFN2O2. The Morgan fingerprint density at radius 1 is 1.28 bits per heavy atom. The minimum absolute atomic E-state index is 0.0575. The van der Waals surface area contributed by atoms with Crippen LogP contribution in [0, 0.1) is 11.7 Å². The van der Waals surface area contributed by atoms with E-state index in [9.17, 15) is 14.0 Å². The van der Waals surface area contributed by atoms with E-state index >= 15 is 0 Å². The highest BCUT2D eigenvalue weighted by Gasteiger charge is 2.35. The van der Waals surface area contributed by atoms with E-state index in [4.69, 9.17) is 11.6 Å². The zero-order valence-corrected chi connectivity index (χ0v) is 14.5. The van der Waals surface area contributed by atoms with Crippen LogP contribution >= 0.6 is 11.6 Å². The van der Waals surface area contributed by atoms with E-state index < -0.39 is 11.7 Å². The first-order valence-electron chi connectivity index (χ1n) is 8.13. The molecule has 0 unspecified atom stereocenters. The zero-order chi connectivity index (χ0) is 18.0. The maximum atomic E-state index is 13.2. The molecule has 0 aromatic heterocycles. The fourth-order valence-corrected chi connectivity index (χ4v) is 3.04. The van der Waals surface area contributed by atoms with Crippen LogP contribution < -0.4 is 10.2 Å². The lowest BCUT2D eigenvalue weighted by atomic mass is 10.1. The highest BCUT2D eigenvalue weighted by Crippen LogP contribution is 2.27. The molecule has 1 aliphatic heterocycles. The predicted molar refractivity (Wildman–Crippen MR) is 96.3 cm³/mol. The number of carbonyl (C=O) groups excluding carboxylic acids is 2. The third-order valence-corrected chi connectivity index (χ3v) is 4.63. The molecule has 1 atom stereocenters. The van der Waals surface area contributed by atoms with E-state index in [0.29, 0.717) is 12.2 Å². The highest BCUT2D eigenvalue weighted by atomic mass is 35.5. The first-order valence-corrected chi connectivity index (χ1v) is 8.51. The van der Waals surface area contributed by atoms with Crippen molar-refractivity contribution in [2.24, 2.45) is 5.92 Å². The topological polar surface area (TPSA) is 49.4 Å². The molecule has 2 amide bonds. The van der Waals surface area contributed by atoms with Gasteiger partial charge in [-0.3, -0.25) is 9.59 Å². The number of carbonyl (C=O) groups is 2. The van der Waals surface area contributed by atoms with E-state index in [1.807, 2.05) is 24.3 Å². The summed E-state index contributed by atoms with van der Waals surface area (Å²) in [6, 6.07) is 11.8. The molecule has 1 heterocycles. The van der Waals surface area contributed by atoms with Gasteiger partial charge in [-0.2, -0.15) is 0 Å². The van der Waals surface area contributed by atoms with Crippen molar-refractivity contribution in [1.29, 1.82) is 0 Å². The van der Waals surface area contributed by atoms with Gasteiger partial charge in [0.05, 0.1) is 10.9 Å². The van der Waals surface area contributed by atoms with Crippen LogP contribution in [0.15, 0.2) is 42.5 Å². The number of aryl methyl sites for hydroxylation is 1. The molecule has 1 N–H and O–H groups in total. The van der Waals surface area contributed by atoms with Gasteiger partial charge in [0, 0.05) is 24.3 Å². The fourth-order valence-electron chi connectivity index (χ4n) is 2.86. The molecule has 0 aliphatic carbocycles. The molecule has 4 nitrogen and oxygen atoms in total. The van der Waals surface area contributed by atoms with E-state index in [0.717, 1.165) is 12.1 Å². The van der Waals surface area contributed by atoms with Gasteiger partial charge in [0.15, 0.2) is 0 Å². The summed E-state index contributed by atoms with van der Waals surface area (Å²) in [5.74, 6) is -1.36. The molecule has 0 radical (unpaired) electrons. The van der Waals surface area contributed by atoms with E-state index in [-0.39, 0.29) is 23.3 Å². The summed E-state index contributed by atoms with van der Waals surface area (Å²) in [5, 5.41) is 2.64. The standard InChI is InChI=1S/C19H18ClFN2O2/c1-2-12-3-6-15(7-4-12)23-11-13(9-18(23)24)19(25)22-14-5-8-17(21)16(20)10-14/h3-8,10,13H,2,9,11H2,1H3,(H,22,25)/t13-/m1/s1. The second-order valence-electron chi connectivity index (χ2n) is 6.04. The van der Waals surface area contributed by atoms with Gasteiger partial charge in [0.1, 0.15) is 5.82 Å². The molecule has 25 heavy (non-hydrogen) atoms. The van der Waals surface area contributed by atoms with Crippen molar-refractivity contribution in [3.63, 3.8) is 0 Å². The van der Waals surface area contributed by atoms with Crippen LogP contribution in [-0.2, 0) is 16.0 Å². The van der Waals surface area contributed by atoms with Gasteiger partial charge in [-0.1, -0.05) is 30.7 Å².